The van der Waals surface area contributed by atoms with Gasteiger partial charge in [0.2, 0.25) is 0 Å². The van der Waals surface area contributed by atoms with Crippen LogP contribution in [0.3, 0.4) is 0 Å². The van der Waals surface area contributed by atoms with E-state index in [-0.39, 0.29) is 0 Å². The molecule has 0 spiro atoms. The molecule has 21 heavy (non-hydrogen) atoms. The molecular weight excluding hydrogens is 260 g/mol. The number of hydrogen-bond donors (Lipinski definition) is 0. The fourth-order valence-electron chi connectivity index (χ4n) is 2.34. The van der Waals surface area contributed by atoms with E-state index in [0.29, 0.717) is 0 Å². The van der Waals surface area contributed by atoms with E-state index in [4.69, 9.17) is 0 Å². The Balaban J connectivity index is 1.84. The maximum Gasteiger partial charge on any atom is 0.171 e. The lowest BCUT2D eigenvalue weighted by Gasteiger charge is -1.99. The van der Waals surface area contributed by atoms with E-state index in [2.05, 4.69) is 15.2 Å². The Morgan fingerprint density at radius 1 is 0.810 bits per heavy atom. The zero-order valence-electron chi connectivity index (χ0n) is 11.2. The molecule has 2 aromatic carbocycles. The van der Waals surface area contributed by atoms with Crippen LogP contribution in [0, 0.1) is 0 Å². The molecule has 0 aliphatic heterocycles. The first-order chi connectivity index (χ1) is 10.4. The smallest absolute Gasteiger partial charge is 0.171 e. The molecule has 0 atom stereocenters. The molecule has 0 bridgehead atoms. The van der Waals surface area contributed by atoms with E-state index in [1.807, 2.05) is 71.2 Å². The van der Waals surface area contributed by atoms with Crippen molar-refractivity contribution in [3.05, 3.63) is 72.3 Å². The highest BCUT2D eigenvalue weighted by atomic mass is 15.3. The van der Waals surface area contributed by atoms with Crippen LogP contribution in [0.2, 0.25) is 0 Å². The van der Waals surface area contributed by atoms with Crippen LogP contribution in [0.1, 0.15) is 11.4 Å². The van der Waals surface area contributed by atoms with Crippen LogP contribution in [0.5, 0.6) is 0 Å². The number of fused-ring (bicyclic) bond motifs is 3. The molecule has 0 fully saturated rings. The molecule has 4 heteroatoms. The maximum atomic E-state index is 4.45. The topological polar surface area (TPSA) is 43.1 Å². The average molecular weight is 272 g/mol. The molecule has 0 amide bonds. The molecule has 4 aromatic rings. The minimum absolute atomic E-state index is 0.770. The monoisotopic (exact) mass is 272 g/mol. The first kappa shape index (κ1) is 11.8. The van der Waals surface area contributed by atoms with Gasteiger partial charge in [-0.05, 0) is 23.8 Å². The number of nitrogens with zero attached hydrogens (tertiary/aromatic N) is 4. The van der Waals surface area contributed by atoms with E-state index in [1.54, 1.807) is 6.33 Å². The summed E-state index contributed by atoms with van der Waals surface area (Å²) in [5.41, 5.74) is 2.88. The summed E-state index contributed by atoms with van der Waals surface area (Å²) in [4.78, 5) is 4.45. The van der Waals surface area contributed by atoms with Crippen molar-refractivity contribution < 1.29 is 0 Å². The molecule has 0 N–H and O–H groups in total. The van der Waals surface area contributed by atoms with Gasteiger partial charge in [0.15, 0.2) is 11.5 Å². The third-order valence-electron chi connectivity index (χ3n) is 3.40. The predicted molar refractivity (Wildman–Crippen MR) is 83.7 cm³/mol. The minimum atomic E-state index is 0.770. The second kappa shape index (κ2) is 4.83. The number of para-hydroxylation sites is 1. The Kier molecular flexibility index (Phi) is 2.71. The van der Waals surface area contributed by atoms with Crippen molar-refractivity contribution in [3.8, 4) is 0 Å². The molecule has 0 unspecified atom stereocenters. The molecule has 0 radical (unpaired) electrons. The van der Waals surface area contributed by atoms with Crippen LogP contribution in [-0.4, -0.2) is 19.6 Å². The number of rotatable bonds is 2. The standard InChI is InChI=1S/C17H12N4/c1-2-6-13(7-3-1)10-11-16-19-20-17-14-8-4-5-9-15(14)18-12-21(16)17/h1-12H/b11-10+. The number of benzene rings is 2. The molecule has 0 saturated heterocycles. The first-order valence-corrected chi connectivity index (χ1v) is 6.73. The van der Waals surface area contributed by atoms with Gasteiger partial charge in [-0.25, -0.2) is 4.98 Å². The third-order valence-corrected chi connectivity index (χ3v) is 3.40. The van der Waals surface area contributed by atoms with E-state index in [9.17, 15) is 0 Å². The van der Waals surface area contributed by atoms with Gasteiger partial charge in [-0.1, -0.05) is 48.5 Å². The number of aromatic nitrogens is 4. The van der Waals surface area contributed by atoms with E-state index in [0.717, 1.165) is 27.9 Å². The van der Waals surface area contributed by atoms with Crippen LogP contribution in [-0.2, 0) is 0 Å². The quantitative estimate of drug-likeness (QED) is 0.561. The van der Waals surface area contributed by atoms with E-state index in [1.165, 1.54) is 0 Å². The summed E-state index contributed by atoms with van der Waals surface area (Å²) in [6, 6.07) is 18.1. The largest absolute Gasteiger partial charge is 0.265 e. The second-order valence-corrected chi connectivity index (χ2v) is 4.76. The molecule has 2 aromatic heterocycles. The molecule has 4 nitrogen and oxygen atoms in total. The lowest BCUT2D eigenvalue weighted by molar-refractivity contribution is 1.06. The van der Waals surface area contributed by atoms with E-state index >= 15 is 0 Å². The van der Waals surface area contributed by atoms with Gasteiger partial charge in [0.25, 0.3) is 0 Å². The summed E-state index contributed by atoms with van der Waals surface area (Å²) in [7, 11) is 0. The van der Waals surface area contributed by atoms with Crippen molar-refractivity contribution in [2.24, 2.45) is 0 Å². The molecule has 0 aliphatic carbocycles. The Bertz CT molecular complexity index is 939. The van der Waals surface area contributed by atoms with Crippen molar-refractivity contribution in [2.75, 3.05) is 0 Å². The summed E-state index contributed by atoms with van der Waals surface area (Å²) >= 11 is 0. The van der Waals surface area contributed by atoms with Crippen LogP contribution in [0.4, 0.5) is 0 Å². The van der Waals surface area contributed by atoms with Crippen LogP contribution in [0.15, 0.2) is 60.9 Å². The highest BCUT2D eigenvalue weighted by molar-refractivity contribution is 5.91. The molecule has 100 valence electrons. The Morgan fingerprint density at radius 3 is 2.52 bits per heavy atom. The molecule has 4 rings (SSSR count). The van der Waals surface area contributed by atoms with Crippen LogP contribution < -0.4 is 0 Å². The molecule has 0 saturated carbocycles. The lowest BCUT2D eigenvalue weighted by Crippen LogP contribution is -1.91. The highest BCUT2D eigenvalue weighted by Gasteiger charge is 2.06. The summed E-state index contributed by atoms with van der Waals surface area (Å²) < 4.78 is 1.90. The van der Waals surface area contributed by atoms with Crippen LogP contribution in [0.25, 0.3) is 28.7 Å². The lowest BCUT2D eigenvalue weighted by atomic mass is 10.2. The molecule has 2 heterocycles. The van der Waals surface area contributed by atoms with Crippen molar-refractivity contribution in [1.29, 1.82) is 0 Å². The summed E-state index contributed by atoms with van der Waals surface area (Å²) in [6.45, 7) is 0. The predicted octanol–water partition coefficient (Wildman–Crippen LogP) is 3.45. The average Bonchev–Trinajstić information content (AvgIpc) is 2.97. The van der Waals surface area contributed by atoms with Gasteiger partial charge in [-0.2, -0.15) is 0 Å². The second-order valence-electron chi connectivity index (χ2n) is 4.76. The zero-order valence-corrected chi connectivity index (χ0v) is 11.2. The van der Waals surface area contributed by atoms with Gasteiger partial charge in [0.1, 0.15) is 6.33 Å². The Morgan fingerprint density at radius 2 is 1.62 bits per heavy atom. The SMILES string of the molecule is C(=C\c1nnc2c3ccccc3ncn12)/c1ccccc1. The fourth-order valence-corrected chi connectivity index (χ4v) is 2.34. The van der Waals surface area contributed by atoms with Gasteiger partial charge < -0.3 is 0 Å². The van der Waals surface area contributed by atoms with Crippen molar-refractivity contribution in [2.45, 2.75) is 0 Å². The third kappa shape index (κ3) is 2.07. The van der Waals surface area contributed by atoms with Gasteiger partial charge in [-0.3, -0.25) is 4.40 Å². The van der Waals surface area contributed by atoms with Crippen LogP contribution >= 0.6 is 0 Å². The van der Waals surface area contributed by atoms with Crippen molar-refractivity contribution in [3.63, 3.8) is 0 Å². The summed E-state index contributed by atoms with van der Waals surface area (Å²) in [6.07, 6.45) is 5.74. The Labute approximate surface area is 121 Å². The maximum absolute atomic E-state index is 4.45. The summed E-state index contributed by atoms with van der Waals surface area (Å²) in [5, 5.41) is 9.53. The first-order valence-electron chi connectivity index (χ1n) is 6.73. The van der Waals surface area contributed by atoms with Gasteiger partial charge in [0, 0.05) is 5.39 Å². The molecular formula is C17H12N4. The minimum Gasteiger partial charge on any atom is -0.265 e. The Hall–Kier alpha value is -3.01. The molecule has 0 aliphatic rings. The zero-order chi connectivity index (χ0) is 14.1. The van der Waals surface area contributed by atoms with Crippen molar-refractivity contribution in [1.82, 2.24) is 19.6 Å². The van der Waals surface area contributed by atoms with Crippen molar-refractivity contribution >= 4 is 28.7 Å². The number of hydrogen-bond acceptors (Lipinski definition) is 3. The van der Waals surface area contributed by atoms with Gasteiger partial charge >= 0.3 is 0 Å². The fraction of sp³-hybridized carbons (Fsp3) is 0. The summed E-state index contributed by atoms with van der Waals surface area (Å²) in [5.74, 6) is 0.770. The normalized spacial score (nSPS) is 11.6. The van der Waals surface area contributed by atoms with Gasteiger partial charge in [-0.15, -0.1) is 10.2 Å². The van der Waals surface area contributed by atoms with E-state index < -0.39 is 0 Å². The van der Waals surface area contributed by atoms with Gasteiger partial charge in [0.05, 0.1) is 5.52 Å². The highest BCUT2D eigenvalue weighted by Crippen LogP contribution is 2.17.